The summed E-state index contributed by atoms with van der Waals surface area (Å²) in [4.78, 5) is 16.6. The summed E-state index contributed by atoms with van der Waals surface area (Å²) in [7, 11) is 1.71. The van der Waals surface area contributed by atoms with Crippen LogP contribution in [0.2, 0.25) is 0 Å². The summed E-state index contributed by atoms with van der Waals surface area (Å²) in [6.45, 7) is -0.403. The van der Waals surface area contributed by atoms with Crippen molar-refractivity contribution >= 4 is 11.6 Å². The van der Waals surface area contributed by atoms with Crippen LogP contribution in [0.15, 0.2) is 48.5 Å². The summed E-state index contributed by atoms with van der Waals surface area (Å²) in [6, 6.07) is 14.0. The Morgan fingerprint density at radius 3 is 2.62 bits per heavy atom. The van der Waals surface area contributed by atoms with Gasteiger partial charge in [0.25, 0.3) is 5.91 Å². The first-order valence-electron chi connectivity index (χ1n) is 8.68. The summed E-state index contributed by atoms with van der Waals surface area (Å²) >= 11 is 0. The van der Waals surface area contributed by atoms with Gasteiger partial charge in [-0.1, -0.05) is 24.3 Å². The number of amides is 1. The SMILES string of the molecule is CN(Cc1ccccc1N1CCCC1)C(=O)c1cccc(OC(F)F)c1. The number of hydrogen-bond acceptors (Lipinski definition) is 3. The smallest absolute Gasteiger partial charge is 0.387 e. The molecule has 3 rings (SSSR count). The third-order valence-electron chi connectivity index (χ3n) is 4.50. The van der Waals surface area contributed by atoms with Gasteiger partial charge in [-0.2, -0.15) is 8.78 Å². The Morgan fingerprint density at radius 1 is 1.15 bits per heavy atom. The fraction of sp³-hybridized carbons (Fsp3) is 0.350. The summed E-state index contributed by atoms with van der Waals surface area (Å²) in [6.07, 6.45) is 2.36. The van der Waals surface area contributed by atoms with Crippen molar-refractivity contribution in [2.45, 2.75) is 26.0 Å². The molecule has 0 aromatic heterocycles. The second-order valence-corrected chi connectivity index (χ2v) is 6.39. The molecule has 0 atom stereocenters. The Morgan fingerprint density at radius 2 is 1.88 bits per heavy atom. The first-order valence-corrected chi connectivity index (χ1v) is 8.68. The lowest BCUT2D eigenvalue weighted by atomic mass is 10.1. The minimum absolute atomic E-state index is 0.0169. The molecule has 1 saturated heterocycles. The van der Waals surface area contributed by atoms with Crippen molar-refractivity contribution in [2.75, 3.05) is 25.0 Å². The standard InChI is InChI=1S/C20H22F2N2O2/c1-23(19(25)15-8-6-9-17(13-15)26-20(21)22)14-16-7-2-3-10-18(16)24-11-4-5-12-24/h2-3,6-10,13,20H,4-5,11-12,14H2,1H3. The number of alkyl halides is 2. The van der Waals surface area contributed by atoms with Gasteiger partial charge in [0.05, 0.1) is 0 Å². The first-order chi connectivity index (χ1) is 12.5. The van der Waals surface area contributed by atoms with Crippen molar-refractivity contribution in [3.8, 4) is 5.75 Å². The Hall–Kier alpha value is -2.63. The van der Waals surface area contributed by atoms with Gasteiger partial charge in [0, 0.05) is 37.9 Å². The van der Waals surface area contributed by atoms with Crippen molar-refractivity contribution in [1.29, 1.82) is 0 Å². The molecule has 26 heavy (non-hydrogen) atoms. The van der Waals surface area contributed by atoms with Gasteiger partial charge in [-0.05, 0) is 42.7 Å². The number of halogens is 2. The van der Waals surface area contributed by atoms with Gasteiger partial charge in [-0.3, -0.25) is 4.79 Å². The number of nitrogens with zero attached hydrogens (tertiary/aromatic N) is 2. The number of benzene rings is 2. The summed E-state index contributed by atoms with van der Waals surface area (Å²) in [5.74, 6) is -0.252. The van der Waals surface area contributed by atoms with E-state index in [1.807, 2.05) is 18.2 Å². The Kier molecular flexibility index (Phi) is 5.71. The third-order valence-corrected chi connectivity index (χ3v) is 4.50. The Bertz CT molecular complexity index is 761. The quantitative estimate of drug-likeness (QED) is 0.775. The van der Waals surface area contributed by atoms with Crippen molar-refractivity contribution in [1.82, 2.24) is 4.90 Å². The monoisotopic (exact) mass is 360 g/mol. The van der Waals surface area contributed by atoms with Crippen molar-refractivity contribution < 1.29 is 18.3 Å². The normalized spacial score (nSPS) is 13.9. The maximum Gasteiger partial charge on any atom is 0.387 e. The van der Waals surface area contributed by atoms with Crippen LogP contribution in [-0.2, 0) is 6.54 Å². The van der Waals surface area contributed by atoms with E-state index in [4.69, 9.17) is 0 Å². The van der Waals surface area contributed by atoms with Gasteiger partial charge in [-0.15, -0.1) is 0 Å². The summed E-state index contributed by atoms with van der Waals surface area (Å²) in [5, 5.41) is 0. The molecule has 1 aliphatic heterocycles. The molecule has 0 radical (unpaired) electrons. The molecule has 0 saturated carbocycles. The number of ether oxygens (including phenoxy) is 1. The fourth-order valence-electron chi connectivity index (χ4n) is 3.26. The highest BCUT2D eigenvalue weighted by molar-refractivity contribution is 5.94. The zero-order valence-corrected chi connectivity index (χ0v) is 14.7. The van der Waals surface area contributed by atoms with Crippen LogP contribution in [-0.4, -0.2) is 37.6 Å². The van der Waals surface area contributed by atoms with E-state index < -0.39 is 6.61 Å². The lowest BCUT2D eigenvalue weighted by Crippen LogP contribution is -2.28. The molecule has 4 nitrogen and oxygen atoms in total. The van der Waals surface area contributed by atoms with Crippen molar-refractivity contribution in [3.05, 3.63) is 59.7 Å². The van der Waals surface area contributed by atoms with E-state index in [0.29, 0.717) is 12.1 Å². The van der Waals surface area contributed by atoms with Crippen molar-refractivity contribution in [3.63, 3.8) is 0 Å². The number of hydrogen-bond donors (Lipinski definition) is 0. The van der Waals surface area contributed by atoms with Gasteiger partial charge >= 0.3 is 6.61 Å². The minimum Gasteiger partial charge on any atom is -0.435 e. The van der Waals surface area contributed by atoms with Crippen LogP contribution < -0.4 is 9.64 Å². The molecule has 1 fully saturated rings. The molecule has 2 aromatic carbocycles. The molecule has 0 aliphatic carbocycles. The highest BCUT2D eigenvalue weighted by Crippen LogP contribution is 2.26. The molecule has 1 aliphatic rings. The van der Waals surface area contributed by atoms with Crippen LogP contribution in [0.4, 0.5) is 14.5 Å². The van der Waals surface area contributed by atoms with Crippen LogP contribution in [0.5, 0.6) is 5.75 Å². The Labute approximate surface area is 152 Å². The molecule has 0 N–H and O–H groups in total. The molecule has 6 heteroatoms. The molecular weight excluding hydrogens is 338 g/mol. The average molecular weight is 360 g/mol. The van der Waals surface area contributed by atoms with E-state index in [0.717, 1.165) is 24.3 Å². The van der Waals surface area contributed by atoms with E-state index >= 15 is 0 Å². The van der Waals surface area contributed by atoms with Gasteiger partial charge < -0.3 is 14.5 Å². The zero-order chi connectivity index (χ0) is 18.5. The number of anilines is 1. The highest BCUT2D eigenvalue weighted by Gasteiger charge is 2.19. The van der Waals surface area contributed by atoms with Crippen LogP contribution in [0.25, 0.3) is 0 Å². The summed E-state index contributed by atoms with van der Waals surface area (Å²) < 4.78 is 29.1. The average Bonchev–Trinajstić information content (AvgIpc) is 3.15. The predicted octanol–water partition coefficient (Wildman–Crippen LogP) is 4.16. The van der Waals surface area contributed by atoms with Gasteiger partial charge in [0.2, 0.25) is 0 Å². The Balaban J connectivity index is 1.74. The second-order valence-electron chi connectivity index (χ2n) is 6.39. The maximum absolute atomic E-state index is 12.7. The van der Waals surface area contributed by atoms with Crippen LogP contribution >= 0.6 is 0 Å². The number of para-hydroxylation sites is 1. The van der Waals surface area contributed by atoms with Crippen LogP contribution in [0.1, 0.15) is 28.8 Å². The largest absolute Gasteiger partial charge is 0.435 e. The molecule has 0 spiro atoms. The maximum atomic E-state index is 12.7. The second kappa shape index (κ2) is 8.17. The molecule has 1 amide bonds. The molecule has 0 bridgehead atoms. The number of carbonyl (C=O) groups excluding carboxylic acids is 1. The van der Waals surface area contributed by atoms with E-state index in [9.17, 15) is 13.6 Å². The fourth-order valence-corrected chi connectivity index (χ4v) is 3.26. The van der Waals surface area contributed by atoms with Crippen LogP contribution in [0, 0.1) is 0 Å². The van der Waals surface area contributed by atoms with E-state index in [2.05, 4.69) is 15.7 Å². The van der Waals surface area contributed by atoms with E-state index in [-0.39, 0.29) is 11.7 Å². The zero-order valence-electron chi connectivity index (χ0n) is 14.7. The first kappa shape index (κ1) is 18.2. The highest BCUT2D eigenvalue weighted by atomic mass is 19.3. The number of rotatable bonds is 6. The van der Waals surface area contributed by atoms with E-state index in [1.165, 1.54) is 31.0 Å². The van der Waals surface area contributed by atoms with Gasteiger partial charge in [-0.25, -0.2) is 0 Å². The third kappa shape index (κ3) is 4.31. The minimum atomic E-state index is -2.91. The molecular formula is C20H22F2N2O2. The predicted molar refractivity (Wildman–Crippen MR) is 96.8 cm³/mol. The summed E-state index contributed by atoms with van der Waals surface area (Å²) in [5.41, 5.74) is 2.55. The lowest BCUT2D eigenvalue weighted by molar-refractivity contribution is -0.0499. The van der Waals surface area contributed by atoms with Crippen LogP contribution in [0.3, 0.4) is 0 Å². The van der Waals surface area contributed by atoms with Gasteiger partial charge in [0.15, 0.2) is 0 Å². The lowest BCUT2D eigenvalue weighted by Gasteiger charge is -2.24. The molecule has 1 heterocycles. The molecule has 138 valence electrons. The van der Waals surface area contributed by atoms with Gasteiger partial charge in [0.1, 0.15) is 5.75 Å². The molecule has 0 unspecified atom stereocenters. The number of carbonyl (C=O) groups is 1. The molecule has 2 aromatic rings. The van der Waals surface area contributed by atoms with E-state index in [1.54, 1.807) is 18.0 Å². The van der Waals surface area contributed by atoms with Crippen molar-refractivity contribution in [2.24, 2.45) is 0 Å². The topological polar surface area (TPSA) is 32.8 Å².